The van der Waals surface area contributed by atoms with Crippen molar-refractivity contribution in [1.82, 2.24) is 10.2 Å². The van der Waals surface area contributed by atoms with Gasteiger partial charge in [0.25, 0.3) is 0 Å². The SMILES string of the molecule is O=C(CS(=O)C1CCCC1)N1CCNCC1. The van der Waals surface area contributed by atoms with Gasteiger partial charge >= 0.3 is 0 Å². The molecule has 5 heteroatoms. The van der Waals surface area contributed by atoms with Gasteiger partial charge in [-0.05, 0) is 12.8 Å². The summed E-state index contributed by atoms with van der Waals surface area (Å²) in [7, 11) is -0.939. The molecule has 1 amide bonds. The van der Waals surface area contributed by atoms with Crippen LogP contribution in [0.15, 0.2) is 0 Å². The number of nitrogens with one attached hydrogen (secondary N) is 1. The van der Waals surface area contributed by atoms with Crippen LogP contribution >= 0.6 is 0 Å². The van der Waals surface area contributed by atoms with Crippen molar-refractivity contribution in [2.75, 3.05) is 31.9 Å². The minimum Gasteiger partial charge on any atom is -0.339 e. The fourth-order valence-electron chi connectivity index (χ4n) is 2.40. The van der Waals surface area contributed by atoms with Crippen molar-refractivity contribution < 1.29 is 9.00 Å². The highest BCUT2D eigenvalue weighted by atomic mass is 32.2. The van der Waals surface area contributed by atoms with E-state index in [0.29, 0.717) is 0 Å². The number of hydrogen-bond donors (Lipinski definition) is 1. The van der Waals surface area contributed by atoms with Crippen molar-refractivity contribution in [3.8, 4) is 0 Å². The van der Waals surface area contributed by atoms with Crippen LogP contribution in [0.25, 0.3) is 0 Å². The molecular weight excluding hydrogens is 224 g/mol. The molecule has 0 spiro atoms. The molecule has 16 heavy (non-hydrogen) atoms. The lowest BCUT2D eigenvalue weighted by atomic mass is 10.3. The van der Waals surface area contributed by atoms with Gasteiger partial charge in [-0.3, -0.25) is 9.00 Å². The Hall–Kier alpha value is -0.420. The number of amides is 1. The number of carbonyl (C=O) groups is 1. The van der Waals surface area contributed by atoms with Gasteiger partial charge in [0.05, 0.1) is 0 Å². The summed E-state index contributed by atoms with van der Waals surface area (Å²) in [6.45, 7) is 3.25. The molecule has 2 rings (SSSR count). The number of carbonyl (C=O) groups excluding carboxylic acids is 1. The highest BCUT2D eigenvalue weighted by Crippen LogP contribution is 2.23. The average Bonchev–Trinajstić information content (AvgIpc) is 2.83. The largest absolute Gasteiger partial charge is 0.339 e. The summed E-state index contributed by atoms with van der Waals surface area (Å²) in [6, 6.07) is 0. The summed E-state index contributed by atoms with van der Waals surface area (Å²) in [5, 5.41) is 3.49. The van der Waals surface area contributed by atoms with Crippen molar-refractivity contribution in [3.05, 3.63) is 0 Å². The number of piperazine rings is 1. The maximum absolute atomic E-state index is 11.9. The second-order valence-corrected chi connectivity index (χ2v) is 6.28. The predicted octanol–water partition coefficient (Wildman–Crippen LogP) is 0.110. The molecule has 4 nitrogen and oxygen atoms in total. The molecule has 1 atom stereocenters. The summed E-state index contributed by atoms with van der Waals surface area (Å²) in [5.41, 5.74) is 0. The van der Waals surface area contributed by atoms with Crippen LogP contribution < -0.4 is 5.32 Å². The fourth-order valence-corrected chi connectivity index (χ4v) is 3.92. The molecule has 1 saturated heterocycles. The van der Waals surface area contributed by atoms with Gasteiger partial charge in [0.2, 0.25) is 5.91 Å². The molecule has 1 aliphatic carbocycles. The first-order valence-corrected chi connectivity index (χ1v) is 7.51. The van der Waals surface area contributed by atoms with E-state index in [1.54, 1.807) is 0 Å². The van der Waals surface area contributed by atoms with Crippen LogP contribution in [-0.2, 0) is 15.6 Å². The van der Waals surface area contributed by atoms with Crippen molar-refractivity contribution in [2.45, 2.75) is 30.9 Å². The Morgan fingerprint density at radius 1 is 1.25 bits per heavy atom. The first-order valence-electron chi connectivity index (χ1n) is 6.13. The molecule has 2 aliphatic rings. The van der Waals surface area contributed by atoms with Gasteiger partial charge in [0.1, 0.15) is 5.75 Å². The first-order chi connectivity index (χ1) is 7.77. The van der Waals surface area contributed by atoms with E-state index in [1.165, 1.54) is 12.8 Å². The number of hydrogen-bond acceptors (Lipinski definition) is 3. The topological polar surface area (TPSA) is 49.4 Å². The number of nitrogens with zero attached hydrogens (tertiary/aromatic N) is 1. The third kappa shape index (κ3) is 3.04. The van der Waals surface area contributed by atoms with Crippen molar-refractivity contribution in [1.29, 1.82) is 0 Å². The molecule has 0 bridgehead atoms. The maximum atomic E-state index is 11.9. The van der Waals surface area contributed by atoms with E-state index in [2.05, 4.69) is 5.32 Å². The van der Waals surface area contributed by atoms with Crippen molar-refractivity contribution >= 4 is 16.7 Å². The van der Waals surface area contributed by atoms with Gasteiger partial charge in [0.15, 0.2) is 0 Å². The van der Waals surface area contributed by atoms with Crippen LogP contribution in [0, 0.1) is 0 Å². The quantitative estimate of drug-likeness (QED) is 0.766. The monoisotopic (exact) mass is 244 g/mol. The molecular formula is C11H20N2O2S. The van der Waals surface area contributed by atoms with Crippen LogP contribution in [0.1, 0.15) is 25.7 Å². The van der Waals surface area contributed by atoms with E-state index in [9.17, 15) is 9.00 Å². The molecule has 0 aromatic heterocycles. The highest BCUT2D eigenvalue weighted by molar-refractivity contribution is 7.86. The minimum absolute atomic E-state index is 0.0757. The van der Waals surface area contributed by atoms with Crippen LogP contribution in [0.4, 0.5) is 0 Å². The smallest absolute Gasteiger partial charge is 0.235 e. The molecule has 1 N–H and O–H groups in total. The minimum atomic E-state index is -0.939. The summed E-state index contributed by atoms with van der Waals surface area (Å²) in [6.07, 6.45) is 4.44. The lowest BCUT2D eigenvalue weighted by Gasteiger charge is -2.27. The Morgan fingerprint density at radius 3 is 2.50 bits per heavy atom. The van der Waals surface area contributed by atoms with Crippen molar-refractivity contribution in [2.24, 2.45) is 0 Å². The first kappa shape index (κ1) is 12.0. The molecule has 92 valence electrons. The molecule has 1 unspecified atom stereocenters. The van der Waals surface area contributed by atoms with Gasteiger partial charge in [-0.15, -0.1) is 0 Å². The van der Waals surface area contributed by atoms with E-state index < -0.39 is 10.8 Å². The van der Waals surface area contributed by atoms with E-state index in [-0.39, 0.29) is 16.9 Å². The molecule has 0 aromatic carbocycles. The Bertz CT molecular complexity index is 271. The second-order valence-electron chi connectivity index (χ2n) is 4.56. The Kier molecular flexibility index (Phi) is 4.35. The van der Waals surface area contributed by atoms with E-state index in [0.717, 1.165) is 39.0 Å². The Morgan fingerprint density at radius 2 is 1.88 bits per heavy atom. The van der Waals surface area contributed by atoms with Gasteiger partial charge in [-0.2, -0.15) is 0 Å². The summed E-state index contributed by atoms with van der Waals surface area (Å²) in [5.74, 6) is 0.316. The molecule has 0 aromatic rings. The van der Waals surface area contributed by atoms with Crippen molar-refractivity contribution in [3.63, 3.8) is 0 Å². The third-order valence-corrected chi connectivity index (χ3v) is 5.16. The van der Waals surface area contributed by atoms with Crippen LogP contribution in [-0.4, -0.2) is 52.2 Å². The van der Waals surface area contributed by atoms with Gasteiger partial charge in [0, 0.05) is 42.2 Å². The number of rotatable bonds is 3. The molecule has 1 aliphatic heterocycles. The van der Waals surface area contributed by atoms with Gasteiger partial charge in [-0.1, -0.05) is 12.8 Å². The normalized spacial score (nSPS) is 24.6. The molecule has 2 fully saturated rings. The Balaban J connectivity index is 1.79. The maximum Gasteiger partial charge on any atom is 0.235 e. The highest BCUT2D eigenvalue weighted by Gasteiger charge is 2.25. The summed E-state index contributed by atoms with van der Waals surface area (Å²) < 4.78 is 11.9. The van der Waals surface area contributed by atoms with Gasteiger partial charge < -0.3 is 10.2 Å². The predicted molar refractivity (Wildman–Crippen MR) is 64.7 cm³/mol. The van der Waals surface area contributed by atoms with E-state index in [4.69, 9.17) is 0 Å². The zero-order valence-corrected chi connectivity index (χ0v) is 10.4. The van der Waals surface area contributed by atoms with E-state index in [1.807, 2.05) is 4.90 Å². The van der Waals surface area contributed by atoms with Crippen LogP contribution in [0.3, 0.4) is 0 Å². The fraction of sp³-hybridized carbons (Fsp3) is 0.909. The molecule has 1 heterocycles. The lowest BCUT2D eigenvalue weighted by molar-refractivity contribution is -0.128. The zero-order valence-electron chi connectivity index (χ0n) is 9.61. The lowest BCUT2D eigenvalue weighted by Crippen LogP contribution is -2.48. The summed E-state index contributed by atoms with van der Waals surface area (Å²) in [4.78, 5) is 13.7. The Labute approximate surface area is 99.2 Å². The van der Waals surface area contributed by atoms with E-state index >= 15 is 0 Å². The van der Waals surface area contributed by atoms with Crippen LogP contribution in [0.2, 0.25) is 0 Å². The van der Waals surface area contributed by atoms with Gasteiger partial charge in [-0.25, -0.2) is 0 Å². The average molecular weight is 244 g/mol. The molecule has 1 saturated carbocycles. The molecule has 0 radical (unpaired) electrons. The zero-order chi connectivity index (χ0) is 11.4. The third-order valence-electron chi connectivity index (χ3n) is 3.41. The second kappa shape index (κ2) is 5.77. The summed E-state index contributed by atoms with van der Waals surface area (Å²) >= 11 is 0. The van der Waals surface area contributed by atoms with Crippen LogP contribution in [0.5, 0.6) is 0 Å². The standard InChI is InChI=1S/C11H20N2O2S/c14-11(13-7-5-12-6-8-13)9-16(15)10-3-1-2-4-10/h10,12H,1-9H2.